The number of aliphatic carboxylic acids is 1. The molecule has 0 heterocycles. The summed E-state index contributed by atoms with van der Waals surface area (Å²) in [6.45, 7) is 0.0856. The Kier molecular flexibility index (Phi) is 4.12. The van der Waals surface area contributed by atoms with Gasteiger partial charge in [0.25, 0.3) is 0 Å². The van der Waals surface area contributed by atoms with Crippen molar-refractivity contribution in [3.05, 3.63) is 29.8 Å². The first kappa shape index (κ1) is 15.0. The average molecular weight is 299 g/mol. The van der Waals surface area contributed by atoms with E-state index in [4.69, 9.17) is 5.11 Å². The van der Waals surface area contributed by atoms with E-state index in [0.29, 0.717) is 24.8 Å². The number of sulfonamides is 1. The Hall–Kier alpha value is -1.44. The highest BCUT2D eigenvalue weighted by Crippen LogP contribution is 2.48. The molecule has 2 rings (SSSR count). The highest BCUT2D eigenvalue weighted by molar-refractivity contribution is 7.89. The molecule has 0 bridgehead atoms. The second-order valence-electron chi connectivity index (χ2n) is 4.89. The number of aliphatic hydroxyl groups excluding tert-OH is 1. The van der Waals surface area contributed by atoms with Crippen LogP contribution >= 0.6 is 0 Å². The van der Waals surface area contributed by atoms with Crippen molar-refractivity contribution in [1.29, 1.82) is 0 Å². The van der Waals surface area contributed by atoms with Crippen molar-refractivity contribution in [2.24, 2.45) is 0 Å². The summed E-state index contributed by atoms with van der Waals surface area (Å²) in [6.07, 6.45) is 1.52. The Labute approximate surface area is 117 Å². The van der Waals surface area contributed by atoms with Gasteiger partial charge in [0.1, 0.15) is 0 Å². The van der Waals surface area contributed by atoms with E-state index in [1.807, 2.05) is 0 Å². The fourth-order valence-corrected chi connectivity index (χ4v) is 3.15. The van der Waals surface area contributed by atoms with E-state index < -0.39 is 21.4 Å². The smallest absolute Gasteiger partial charge is 0.314 e. The van der Waals surface area contributed by atoms with Gasteiger partial charge in [0.15, 0.2) is 0 Å². The molecular formula is C13H17NO5S. The lowest BCUT2D eigenvalue weighted by atomic mass is 9.96. The van der Waals surface area contributed by atoms with E-state index in [0.717, 1.165) is 0 Å². The normalized spacial score (nSPS) is 16.9. The van der Waals surface area contributed by atoms with Gasteiger partial charge in [-0.1, -0.05) is 12.1 Å². The summed E-state index contributed by atoms with van der Waals surface area (Å²) in [7, 11) is -3.60. The minimum atomic E-state index is -3.60. The van der Waals surface area contributed by atoms with E-state index in [1.165, 1.54) is 12.1 Å². The number of benzene rings is 1. The van der Waals surface area contributed by atoms with Gasteiger partial charge in [-0.2, -0.15) is 0 Å². The molecule has 0 unspecified atom stereocenters. The standard InChI is InChI=1S/C13H17NO5S/c15-9-1-8-14-20(18,19)11-4-2-10(3-5-11)13(6-7-13)12(16)17/h2-5,14-15H,1,6-9H2,(H,16,17). The Bertz CT molecular complexity index is 590. The fraction of sp³-hybridized carbons (Fsp3) is 0.462. The maximum Gasteiger partial charge on any atom is 0.314 e. The molecule has 1 aromatic carbocycles. The zero-order chi connectivity index (χ0) is 14.8. The number of nitrogens with one attached hydrogen (secondary N) is 1. The third-order valence-corrected chi connectivity index (χ3v) is 4.98. The summed E-state index contributed by atoms with van der Waals surface area (Å²) in [5.41, 5.74) is -0.189. The van der Waals surface area contributed by atoms with Crippen molar-refractivity contribution >= 4 is 16.0 Å². The first-order valence-corrected chi connectivity index (χ1v) is 7.85. The van der Waals surface area contributed by atoms with Gasteiger partial charge in [-0.3, -0.25) is 4.79 Å². The van der Waals surface area contributed by atoms with E-state index in [-0.39, 0.29) is 18.0 Å². The minimum absolute atomic E-state index is 0.0808. The summed E-state index contributed by atoms with van der Waals surface area (Å²) >= 11 is 0. The largest absolute Gasteiger partial charge is 0.481 e. The summed E-state index contributed by atoms with van der Waals surface area (Å²) in [5, 5.41) is 17.8. The van der Waals surface area contributed by atoms with Crippen molar-refractivity contribution in [3.63, 3.8) is 0 Å². The Morgan fingerprint density at radius 1 is 1.25 bits per heavy atom. The van der Waals surface area contributed by atoms with Crippen molar-refractivity contribution in [2.75, 3.05) is 13.2 Å². The summed E-state index contributed by atoms with van der Waals surface area (Å²) in [4.78, 5) is 11.3. The van der Waals surface area contributed by atoms with Gasteiger partial charge < -0.3 is 10.2 Å². The van der Waals surface area contributed by atoms with Crippen molar-refractivity contribution in [2.45, 2.75) is 29.6 Å². The highest BCUT2D eigenvalue weighted by atomic mass is 32.2. The van der Waals surface area contributed by atoms with Gasteiger partial charge in [0.2, 0.25) is 10.0 Å². The molecule has 1 aliphatic rings. The molecule has 1 aromatic rings. The first-order chi connectivity index (χ1) is 9.42. The maximum atomic E-state index is 11.9. The maximum absolute atomic E-state index is 11.9. The Morgan fingerprint density at radius 3 is 2.30 bits per heavy atom. The van der Waals surface area contributed by atoms with Gasteiger partial charge in [0, 0.05) is 13.2 Å². The van der Waals surface area contributed by atoms with Crippen LogP contribution in [0, 0.1) is 0 Å². The topological polar surface area (TPSA) is 104 Å². The average Bonchev–Trinajstić information content (AvgIpc) is 3.20. The van der Waals surface area contributed by atoms with Crippen LogP contribution in [0.1, 0.15) is 24.8 Å². The zero-order valence-electron chi connectivity index (χ0n) is 10.9. The first-order valence-electron chi connectivity index (χ1n) is 6.37. The number of hydrogen-bond donors (Lipinski definition) is 3. The van der Waals surface area contributed by atoms with Gasteiger partial charge in [-0.25, -0.2) is 13.1 Å². The summed E-state index contributed by atoms with van der Waals surface area (Å²) < 4.78 is 26.2. The number of carbonyl (C=O) groups is 1. The number of carboxylic acids is 1. The molecule has 0 amide bonds. The summed E-state index contributed by atoms with van der Waals surface area (Å²) in [6, 6.07) is 5.95. The lowest BCUT2D eigenvalue weighted by Crippen LogP contribution is -2.25. The highest BCUT2D eigenvalue weighted by Gasteiger charge is 2.51. The van der Waals surface area contributed by atoms with E-state index >= 15 is 0 Å². The van der Waals surface area contributed by atoms with Gasteiger partial charge >= 0.3 is 5.97 Å². The molecule has 0 atom stereocenters. The third kappa shape index (κ3) is 2.84. The monoisotopic (exact) mass is 299 g/mol. The predicted molar refractivity (Wildman–Crippen MR) is 71.9 cm³/mol. The second kappa shape index (κ2) is 5.51. The number of aliphatic hydroxyl groups is 1. The molecule has 1 aliphatic carbocycles. The fourth-order valence-electron chi connectivity index (χ4n) is 2.07. The lowest BCUT2D eigenvalue weighted by molar-refractivity contribution is -0.140. The number of carboxylic acid groups (broad SMARTS) is 1. The molecule has 110 valence electrons. The second-order valence-corrected chi connectivity index (χ2v) is 6.65. The number of rotatable bonds is 7. The van der Waals surface area contributed by atoms with Crippen LogP contribution in [0.4, 0.5) is 0 Å². The van der Waals surface area contributed by atoms with Crippen LogP contribution in [-0.2, 0) is 20.2 Å². The van der Waals surface area contributed by atoms with Crippen LogP contribution in [0.2, 0.25) is 0 Å². The molecule has 0 aromatic heterocycles. The molecule has 6 nitrogen and oxygen atoms in total. The minimum Gasteiger partial charge on any atom is -0.481 e. The quantitative estimate of drug-likeness (QED) is 0.635. The van der Waals surface area contributed by atoms with Crippen LogP contribution < -0.4 is 4.72 Å². The van der Waals surface area contributed by atoms with Crippen LogP contribution in [0.25, 0.3) is 0 Å². The molecule has 20 heavy (non-hydrogen) atoms. The van der Waals surface area contributed by atoms with Crippen molar-refractivity contribution < 1.29 is 23.4 Å². The van der Waals surface area contributed by atoms with Crippen LogP contribution in [0.15, 0.2) is 29.2 Å². The molecular weight excluding hydrogens is 282 g/mol. The molecule has 3 N–H and O–H groups in total. The van der Waals surface area contributed by atoms with Crippen LogP contribution in [0.5, 0.6) is 0 Å². The molecule has 0 saturated heterocycles. The van der Waals surface area contributed by atoms with Gasteiger partial charge in [-0.05, 0) is 37.0 Å². The van der Waals surface area contributed by atoms with Crippen molar-refractivity contribution in [1.82, 2.24) is 4.72 Å². The third-order valence-electron chi connectivity index (χ3n) is 3.50. The molecule has 1 fully saturated rings. The molecule has 0 radical (unpaired) electrons. The van der Waals surface area contributed by atoms with Gasteiger partial charge in [-0.15, -0.1) is 0 Å². The lowest BCUT2D eigenvalue weighted by Gasteiger charge is -2.11. The SMILES string of the molecule is O=C(O)C1(c2ccc(S(=O)(=O)NCCCO)cc2)CC1. The van der Waals surface area contributed by atoms with E-state index in [2.05, 4.69) is 4.72 Å². The van der Waals surface area contributed by atoms with Crippen LogP contribution in [-0.4, -0.2) is 37.8 Å². The van der Waals surface area contributed by atoms with Crippen LogP contribution in [0.3, 0.4) is 0 Å². The predicted octanol–water partition coefficient (Wildman–Crippen LogP) is 0.463. The Morgan fingerprint density at radius 2 is 1.85 bits per heavy atom. The van der Waals surface area contributed by atoms with Gasteiger partial charge in [0.05, 0.1) is 10.3 Å². The van der Waals surface area contributed by atoms with Crippen molar-refractivity contribution in [3.8, 4) is 0 Å². The molecule has 0 spiro atoms. The van der Waals surface area contributed by atoms with E-state index in [9.17, 15) is 18.3 Å². The number of hydrogen-bond acceptors (Lipinski definition) is 4. The molecule has 7 heteroatoms. The molecule has 0 aliphatic heterocycles. The molecule has 1 saturated carbocycles. The zero-order valence-corrected chi connectivity index (χ0v) is 11.7. The Balaban J connectivity index is 2.14. The van der Waals surface area contributed by atoms with E-state index in [1.54, 1.807) is 12.1 Å². The summed E-state index contributed by atoms with van der Waals surface area (Å²) in [5.74, 6) is -0.867.